The summed E-state index contributed by atoms with van der Waals surface area (Å²) in [6, 6.07) is 0. The molecule has 0 aliphatic carbocycles. The van der Waals surface area contributed by atoms with Gasteiger partial charge >= 0.3 is 0 Å². The highest BCUT2D eigenvalue weighted by Crippen LogP contribution is 2.31. The maximum Gasteiger partial charge on any atom is 0.178 e. The van der Waals surface area contributed by atoms with Gasteiger partial charge in [-0.3, -0.25) is 9.48 Å². The number of thioether (sulfide) groups is 1. The molecular weight excluding hydrogens is 172 g/mol. The summed E-state index contributed by atoms with van der Waals surface area (Å²) in [5, 5.41) is 4.29. The van der Waals surface area contributed by atoms with E-state index in [1.165, 1.54) is 0 Å². The highest BCUT2D eigenvalue weighted by atomic mass is 32.2. The third-order valence-electron chi connectivity index (χ3n) is 2.05. The van der Waals surface area contributed by atoms with Crippen molar-refractivity contribution in [1.29, 1.82) is 0 Å². The van der Waals surface area contributed by atoms with E-state index in [1.807, 2.05) is 18.8 Å². The Bertz CT molecular complexity index is 343. The van der Waals surface area contributed by atoms with Crippen LogP contribution >= 0.6 is 11.8 Å². The van der Waals surface area contributed by atoms with Crippen molar-refractivity contribution in [3.05, 3.63) is 17.0 Å². The molecule has 0 aromatic carbocycles. The fourth-order valence-corrected chi connectivity index (χ4v) is 2.62. The first-order chi connectivity index (χ1) is 5.70. The standard InChI is InChI=1S/C8H10N2OS/c1-5(11)8-6-3-12-4-7(6)9-10(8)2/h3-4H2,1-2H3. The van der Waals surface area contributed by atoms with E-state index < -0.39 is 0 Å². The second kappa shape index (κ2) is 2.62. The van der Waals surface area contributed by atoms with Crippen molar-refractivity contribution in [2.45, 2.75) is 18.4 Å². The third-order valence-corrected chi connectivity index (χ3v) is 3.02. The van der Waals surface area contributed by atoms with Crippen molar-refractivity contribution >= 4 is 17.5 Å². The zero-order valence-corrected chi connectivity index (χ0v) is 7.94. The molecule has 0 fully saturated rings. The molecule has 0 N–H and O–H groups in total. The number of ketones is 1. The summed E-state index contributed by atoms with van der Waals surface area (Å²) >= 11 is 1.82. The lowest BCUT2D eigenvalue weighted by Gasteiger charge is -1.98. The fourth-order valence-electron chi connectivity index (χ4n) is 1.58. The lowest BCUT2D eigenvalue weighted by molar-refractivity contribution is 0.100. The number of nitrogens with zero attached hydrogens (tertiary/aromatic N) is 2. The topological polar surface area (TPSA) is 34.9 Å². The number of rotatable bonds is 1. The van der Waals surface area contributed by atoms with E-state index in [9.17, 15) is 4.79 Å². The Balaban J connectivity index is 2.59. The number of aromatic nitrogens is 2. The minimum absolute atomic E-state index is 0.119. The van der Waals surface area contributed by atoms with Gasteiger partial charge in [0.25, 0.3) is 0 Å². The lowest BCUT2D eigenvalue weighted by Crippen LogP contribution is -2.05. The average Bonchev–Trinajstić information content (AvgIpc) is 2.44. The maximum absolute atomic E-state index is 11.2. The number of carbonyl (C=O) groups excluding carboxylic acids is 1. The van der Waals surface area contributed by atoms with Gasteiger partial charge in [0.2, 0.25) is 0 Å². The van der Waals surface area contributed by atoms with Crippen molar-refractivity contribution in [2.24, 2.45) is 7.05 Å². The highest BCUT2D eigenvalue weighted by molar-refractivity contribution is 7.98. The summed E-state index contributed by atoms with van der Waals surface area (Å²) < 4.78 is 1.70. The number of carbonyl (C=O) groups is 1. The molecule has 0 saturated carbocycles. The van der Waals surface area contributed by atoms with Crippen LogP contribution in [0, 0.1) is 0 Å². The van der Waals surface area contributed by atoms with Gasteiger partial charge in [-0.1, -0.05) is 0 Å². The summed E-state index contributed by atoms with van der Waals surface area (Å²) in [6.07, 6.45) is 0. The van der Waals surface area contributed by atoms with E-state index in [1.54, 1.807) is 11.6 Å². The second-order valence-corrected chi connectivity index (χ2v) is 3.93. The Morgan fingerprint density at radius 2 is 2.33 bits per heavy atom. The monoisotopic (exact) mass is 182 g/mol. The zero-order valence-electron chi connectivity index (χ0n) is 7.13. The van der Waals surface area contributed by atoms with Gasteiger partial charge in [-0.2, -0.15) is 16.9 Å². The average molecular weight is 182 g/mol. The van der Waals surface area contributed by atoms with E-state index in [0.717, 1.165) is 28.5 Å². The van der Waals surface area contributed by atoms with Crippen LogP contribution in [0.25, 0.3) is 0 Å². The Hall–Kier alpha value is -0.770. The molecule has 1 aliphatic heterocycles. The molecule has 64 valence electrons. The molecule has 12 heavy (non-hydrogen) atoms. The summed E-state index contributed by atoms with van der Waals surface area (Å²) in [6.45, 7) is 1.60. The summed E-state index contributed by atoms with van der Waals surface area (Å²) in [5.41, 5.74) is 3.03. The van der Waals surface area contributed by atoms with Crippen LogP contribution in [0.5, 0.6) is 0 Å². The third kappa shape index (κ3) is 0.982. The lowest BCUT2D eigenvalue weighted by atomic mass is 10.2. The van der Waals surface area contributed by atoms with E-state index in [0.29, 0.717) is 0 Å². The van der Waals surface area contributed by atoms with Gasteiger partial charge in [0, 0.05) is 31.0 Å². The first kappa shape index (κ1) is 7.86. The molecule has 0 spiro atoms. The molecule has 1 aromatic heterocycles. The Morgan fingerprint density at radius 3 is 3.00 bits per heavy atom. The molecule has 0 unspecified atom stereocenters. The molecule has 1 aliphatic rings. The van der Waals surface area contributed by atoms with Crippen LogP contribution in [0.3, 0.4) is 0 Å². The van der Waals surface area contributed by atoms with Crippen LogP contribution in [-0.2, 0) is 18.6 Å². The predicted molar refractivity (Wildman–Crippen MR) is 48.2 cm³/mol. The van der Waals surface area contributed by atoms with Crippen LogP contribution in [0.2, 0.25) is 0 Å². The minimum atomic E-state index is 0.119. The molecule has 0 saturated heterocycles. The molecule has 3 nitrogen and oxygen atoms in total. The fraction of sp³-hybridized carbons (Fsp3) is 0.500. The summed E-state index contributed by atoms with van der Waals surface area (Å²) in [5.74, 6) is 2.02. The molecule has 1 aromatic rings. The van der Waals surface area contributed by atoms with Gasteiger partial charge in [0.15, 0.2) is 5.78 Å². The predicted octanol–water partition coefficient (Wildman–Crippen LogP) is 1.37. The maximum atomic E-state index is 11.2. The van der Waals surface area contributed by atoms with Crippen LogP contribution < -0.4 is 0 Å². The number of aryl methyl sites for hydroxylation is 1. The van der Waals surface area contributed by atoms with E-state index >= 15 is 0 Å². The van der Waals surface area contributed by atoms with Gasteiger partial charge < -0.3 is 0 Å². The van der Waals surface area contributed by atoms with Gasteiger partial charge in [-0.25, -0.2) is 0 Å². The van der Waals surface area contributed by atoms with Crippen molar-refractivity contribution in [2.75, 3.05) is 0 Å². The number of hydrogen-bond acceptors (Lipinski definition) is 3. The SMILES string of the molecule is CC(=O)c1c2c(nn1C)CSC2. The summed E-state index contributed by atoms with van der Waals surface area (Å²) in [4.78, 5) is 11.2. The van der Waals surface area contributed by atoms with Crippen molar-refractivity contribution in [3.8, 4) is 0 Å². The largest absolute Gasteiger partial charge is 0.293 e. The Morgan fingerprint density at radius 1 is 1.58 bits per heavy atom. The number of hydrogen-bond donors (Lipinski definition) is 0. The van der Waals surface area contributed by atoms with Crippen molar-refractivity contribution in [1.82, 2.24) is 9.78 Å². The molecule has 0 bridgehead atoms. The van der Waals surface area contributed by atoms with Crippen LogP contribution in [0.15, 0.2) is 0 Å². The van der Waals surface area contributed by atoms with Crippen molar-refractivity contribution in [3.63, 3.8) is 0 Å². The van der Waals surface area contributed by atoms with Crippen LogP contribution in [0.4, 0.5) is 0 Å². The molecule has 0 atom stereocenters. The quantitative estimate of drug-likeness (QED) is 0.615. The van der Waals surface area contributed by atoms with E-state index in [4.69, 9.17) is 0 Å². The van der Waals surface area contributed by atoms with Crippen LogP contribution in [-0.4, -0.2) is 15.6 Å². The number of Topliss-reactive ketones (excluding diaryl/α,β-unsaturated/α-hetero) is 1. The molecule has 2 rings (SSSR count). The van der Waals surface area contributed by atoms with E-state index in [-0.39, 0.29) is 5.78 Å². The normalized spacial score (nSPS) is 14.8. The first-order valence-corrected chi connectivity index (χ1v) is 4.99. The Kier molecular flexibility index (Phi) is 1.72. The second-order valence-electron chi connectivity index (χ2n) is 2.95. The van der Waals surface area contributed by atoms with Crippen molar-refractivity contribution < 1.29 is 4.79 Å². The number of fused-ring (bicyclic) bond motifs is 1. The Labute approximate surface area is 75.1 Å². The molecule has 2 heterocycles. The molecule has 0 amide bonds. The smallest absolute Gasteiger partial charge is 0.178 e. The van der Waals surface area contributed by atoms with Gasteiger partial charge in [-0.05, 0) is 0 Å². The molecular formula is C8H10N2OS. The van der Waals surface area contributed by atoms with Gasteiger partial charge in [0.1, 0.15) is 5.69 Å². The van der Waals surface area contributed by atoms with Gasteiger partial charge in [0.05, 0.1) is 5.69 Å². The first-order valence-electron chi connectivity index (χ1n) is 3.83. The summed E-state index contributed by atoms with van der Waals surface area (Å²) in [7, 11) is 1.83. The highest BCUT2D eigenvalue weighted by Gasteiger charge is 2.23. The minimum Gasteiger partial charge on any atom is -0.293 e. The molecule has 0 radical (unpaired) electrons. The van der Waals surface area contributed by atoms with E-state index in [2.05, 4.69) is 5.10 Å². The zero-order chi connectivity index (χ0) is 8.72. The van der Waals surface area contributed by atoms with Crippen LogP contribution in [0.1, 0.15) is 28.7 Å². The van der Waals surface area contributed by atoms with Gasteiger partial charge in [-0.15, -0.1) is 0 Å². The molecule has 4 heteroatoms.